The van der Waals surface area contributed by atoms with E-state index in [1.807, 2.05) is 6.92 Å². The third kappa shape index (κ3) is 5.69. The van der Waals surface area contributed by atoms with Gasteiger partial charge in [-0.3, -0.25) is 9.59 Å². The first-order valence-electron chi connectivity index (χ1n) is 10.3. The number of para-hydroxylation sites is 1. The molecule has 166 valence electrons. The second kappa shape index (κ2) is 10.5. The highest BCUT2D eigenvalue weighted by Crippen LogP contribution is 2.20. The van der Waals surface area contributed by atoms with E-state index in [4.69, 9.17) is 4.74 Å². The molecule has 1 fully saturated rings. The number of anilines is 1. The molecule has 0 radical (unpaired) electrons. The van der Waals surface area contributed by atoms with Crippen molar-refractivity contribution in [3.05, 3.63) is 59.7 Å². The molecule has 9 heteroatoms. The molecule has 0 aliphatic carbocycles. The minimum Gasteiger partial charge on any atom is -0.379 e. The molecule has 0 saturated carbocycles. The fourth-order valence-electron chi connectivity index (χ4n) is 3.19. The summed E-state index contributed by atoms with van der Waals surface area (Å²) in [5.74, 6) is -0.763. The van der Waals surface area contributed by atoms with E-state index in [2.05, 4.69) is 10.6 Å². The Morgan fingerprint density at radius 2 is 1.77 bits per heavy atom. The number of rotatable bonds is 8. The Bertz CT molecular complexity index is 1030. The minimum atomic E-state index is -3.72. The Balaban J connectivity index is 1.78. The maximum absolute atomic E-state index is 12.9. The molecule has 31 heavy (non-hydrogen) atoms. The zero-order valence-electron chi connectivity index (χ0n) is 17.5. The van der Waals surface area contributed by atoms with Crippen molar-refractivity contribution >= 4 is 27.5 Å². The molecule has 8 nitrogen and oxygen atoms in total. The van der Waals surface area contributed by atoms with Crippen LogP contribution in [-0.2, 0) is 14.8 Å². The van der Waals surface area contributed by atoms with Crippen LogP contribution in [0.25, 0.3) is 0 Å². The molecular weight excluding hydrogens is 418 g/mol. The van der Waals surface area contributed by atoms with Crippen LogP contribution in [0.4, 0.5) is 5.69 Å². The van der Waals surface area contributed by atoms with Gasteiger partial charge in [0, 0.05) is 25.2 Å². The highest BCUT2D eigenvalue weighted by atomic mass is 32.2. The summed E-state index contributed by atoms with van der Waals surface area (Å²) in [6.07, 6.45) is 1.83. The number of benzene rings is 2. The van der Waals surface area contributed by atoms with Crippen molar-refractivity contribution in [3.8, 4) is 0 Å². The van der Waals surface area contributed by atoms with Crippen molar-refractivity contribution < 1.29 is 22.7 Å². The molecule has 1 aliphatic heterocycles. The number of carbonyl (C=O) groups is 2. The maximum atomic E-state index is 12.9. The van der Waals surface area contributed by atoms with Gasteiger partial charge in [-0.15, -0.1) is 0 Å². The van der Waals surface area contributed by atoms with Gasteiger partial charge >= 0.3 is 0 Å². The molecule has 3 rings (SSSR count). The summed E-state index contributed by atoms with van der Waals surface area (Å²) in [6.45, 7) is 3.83. The number of carbonyl (C=O) groups excluding carboxylic acids is 2. The highest BCUT2D eigenvalue weighted by molar-refractivity contribution is 7.89. The standard InChI is InChI=1S/C22H27N3O5S/c1-2-3-11-23-22(27)19-9-4-5-10-20(19)24-21(26)17-7-6-8-18(16-17)31(28,29)25-12-14-30-15-13-25/h4-10,16H,2-3,11-15H2,1H3,(H,23,27)(H,24,26). The number of amides is 2. The van der Waals surface area contributed by atoms with Crippen molar-refractivity contribution in [3.63, 3.8) is 0 Å². The van der Waals surface area contributed by atoms with Gasteiger partial charge in [0.2, 0.25) is 10.0 Å². The zero-order chi connectivity index (χ0) is 22.3. The fraction of sp³-hybridized carbons (Fsp3) is 0.364. The van der Waals surface area contributed by atoms with Gasteiger partial charge in [0.05, 0.1) is 29.4 Å². The second-order valence-corrected chi connectivity index (χ2v) is 9.09. The average Bonchev–Trinajstić information content (AvgIpc) is 2.80. The van der Waals surface area contributed by atoms with Gasteiger partial charge in [0.1, 0.15) is 0 Å². The molecular formula is C22H27N3O5S. The summed E-state index contributed by atoms with van der Waals surface area (Å²) in [5.41, 5.74) is 0.905. The molecule has 0 bridgehead atoms. The summed E-state index contributed by atoms with van der Waals surface area (Å²) in [7, 11) is -3.72. The third-order valence-electron chi connectivity index (χ3n) is 4.94. The first-order chi connectivity index (χ1) is 14.9. The Labute approximate surface area is 182 Å². The topological polar surface area (TPSA) is 105 Å². The normalized spacial score (nSPS) is 14.7. The van der Waals surface area contributed by atoms with Crippen LogP contribution >= 0.6 is 0 Å². The van der Waals surface area contributed by atoms with E-state index in [1.165, 1.54) is 28.6 Å². The number of hydrogen-bond acceptors (Lipinski definition) is 5. The Morgan fingerprint density at radius 1 is 1.03 bits per heavy atom. The molecule has 1 aliphatic rings. The molecule has 2 aromatic rings. The Hall–Kier alpha value is -2.75. The fourth-order valence-corrected chi connectivity index (χ4v) is 4.65. The molecule has 1 saturated heterocycles. The van der Waals surface area contributed by atoms with Gasteiger partial charge in [0.15, 0.2) is 0 Å². The van der Waals surface area contributed by atoms with E-state index in [-0.39, 0.29) is 29.5 Å². The van der Waals surface area contributed by atoms with Crippen LogP contribution in [0.15, 0.2) is 53.4 Å². The number of ether oxygens (including phenoxy) is 1. The largest absolute Gasteiger partial charge is 0.379 e. The average molecular weight is 446 g/mol. The number of morpholine rings is 1. The monoisotopic (exact) mass is 445 g/mol. The van der Waals surface area contributed by atoms with Crippen LogP contribution in [0.1, 0.15) is 40.5 Å². The van der Waals surface area contributed by atoms with E-state index in [1.54, 1.807) is 24.3 Å². The first-order valence-corrected chi connectivity index (χ1v) is 11.7. The number of unbranched alkanes of at least 4 members (excludes halogenated alkanes) is 1. The minimum absolute atomic E-state index is 0.0487. The number of nitrogens with one attached hydrogen (secondary N) is 2. The predicted molar refractivity (Wildman–Crippen MR) is 118 cm³/mol. The third-order valence-corrected chi connectivity index (χ3v) is 6.83. The van der Waals surface area contributed by atoms with Crippen LogP contribution in [-0.4, -0.2) is 57.4 Å². The predicted octanol–water partition coefficient (Wildman–Crippen LogP) is 2.49. The van der Waals surface area contributed by atoms with Crippen LogP contribution in [0.5, 0.6) is 0 Å². The van der Waals surface area contributed by atoms with Crippen molar-refractivity contribution in [2.24, 2.45) is 0 Å². The van der Waals surface area contributed by atoms with Gasteiger partial charge in [-0.2, -0.15) is 4.31 Å². The highest BCUT2D eigenvalue weighted by Gasteiger charge is 2.27. The summed E-state index contributed by atoms with van der Waals surface area (Å²) in [5, 5.41) is 5.56. The lowest BCUT2D eigenvalue weighted by molar-refractivity contribution is 0.0730. The lowest BCUT2D eigenvalue weighted by Crippen LogP contribution is -2.40. The van der Waals surface area contributed by atoms with E-state index in [0.29, 0.717) is 31.0 Å². The molecule has 2 aromatic carbocycles. The lowest BCUT2D eigenvalue weighted by atomic mass is 10.1. The van der Waals surface area contributed by atoms with Gasteiger partial charge in [-0.25, -0.2) is 8.42 Å². The van der Waals surface area contributed by atoms with Crippen molar-refractivity contribution in [1.29, 1.82) is 0 Å². The summed E-state index contributed by atoms with van der Waals surface area (Å²) >= 11 is 0. The molecule has 0 aromatic heterocycles. The molecule has 1 heterocycles. The Kier molecular flexibility index (Phi) is 7.78. The number of nitrogens with zero attached hydrogens (tertiary/aromatic N) is 1. The van der Waals surface area contributed by atoms with Crippen LogP contribution < -0.4 is 10.6 Å². The van der Waals surface area contributed by atoms with Crippen LogP contribution in [0.3, 0.4) is 0 Å². The van der Waals surface area contributed by atoms with E-state index >= 15 is 0 Å². The SMILES string of the molecule is CCCCNC(=O)c1ccccc1NC(=O)c1cccc(S(=O)(=O)N2CCOCC2)c1. The lowest BCUT2D eigenvalue weighted by Gasteiger charge is -2.26. The second-order valence-electron chi connectivity index (χ2n) is 7.15. The van der Waals surface area contributed by atoms with Crippen molar-refractivity contribution in [2.45, 2.75) is 24.7 Å². The summed E-state index contributed by atoms with van der Waals surface area (Å²) in [6, 6.07) is 12.6. The smallest absolute Gasteiger partial charge is 0.255 e. The molecule has 2 N–H and O–H groups in total. The quantitative estimate of drug-likeness (QED) is 0.608. The van der Waals surface area contributed by atoms with Crippen molar-refractivity contribution in [2.75, 3.05) is 38.2 Å². The summed E-state index contributed by atoms with van der Waals surface area (Å²) < 4.78 is 32.3. The maximum Gasteiger partial charge on any atom is 0.255 e. The van der Waals surface area contributed by atoms with Gasteiger partial charge in [0.25, 0.3) is 11.8 Å². The molecule has 0 atom stereocenters. The van der Waals surface area contributed by atoms with Crippen LogP contribution in [0, 0.1) is 0 Å². The van der Waals surface area contributed by atoms with E-state index in [9.17, 15) is 18.0 Å². The zero-order valence-corrected chi connectivity index (χ0v) is 18.3. The van der Waals surface area contributed by atoms with Crippen molar-refractivity contribution in [1.82, 2.24) is 9.62 Å². The first kappa shape index (κ1) is 22.9. The summed E-state index contributed by atoms with van der Waals surface area (Å²) in [4.78, 5) is 25.3. The van der Waals surface area contributed by atoms with Crippen LogP contribution in [0.2, 0.25) is 0 Å². The number of sulfonamides is 1. The van der Waals surface area contributed by atoms with Gasteiger partial charge < -0.3 is 15.4 Å². The number of hydrogen-bond donors (Lipinski definition) is 2. The van der Waals surface area contributed by atoms with E-state index < -0.39 is 15.9 Å². The molecule has 0 spiro atoms. The van der Waals surface area contributed by atoms with Gasteiger partial charge in [-0.1, -0.05) is 31.5 Å². The molecule has 2 amide bonds. The van der Waals surface area contributed by atoms with Gasteiger partial charge in [-0.05, 0) is 36.8 Å². The Morgan fingerprint density at radius 3 is 2.52 bits per heavy atom. The van der Waals surface area contributed by atoms with E-state index in [0.717, 1.165) is 12.8 Å². The molecule has 0 unspecified atom stereocenters.